The highest BCUT2D eigenvalue weighted by Crippen LogP contribution is 1.82. The number of carbonyl (C=O) groups is 3. The van der Waals surface area contributed by atoms with E-state index in [1.165, 1.54) is 6.92 Å². The van der Waals surface area contributed by atoms with Crippen molar-refractivity contribution in [2.75, 3.05) is 13.1 Å². The molecule has 0 rings (SSSR count). The van der Waals surface area contributed by atoms with Crippen LogP contribution in [0.1, 0.15) is 26.7 Å². The molecule has 0 fully saturated rings. The topological polar surface area (TPSA) is 108 Å². The summed E-state index contributed by atoms with van der Waals surface area (Å²) in [7, 11) is 0. The van der Waals surface area contributed by atoms with Crippen LogP contribution in [0.2, 0.25) is 0 Å². The predicted molar refractivity (Wildman–Crippen MR) is 61.5 cm³/mol. The molecule has 17 heavy (non-hydrogen) atoms. The Labute approximate surface area is 100.0 Å². The molecule has 0 aliphatic heterocycles. The number of aliphatic carboxylic acids is 1. The van der Waals surface area contributed by atoms with Crippen LogP contribution in [-0.4, -0.2) is 42.1 Å². The standard InChI is InChI=1S/C10H19N3O4/c1-3-4-5-11-10(17)13-8(14)6-12-7(2)9(15)16/h7,12H,3-6H2,1-2H3,(H,15,16)(H2,11,13,14,17)/t7-/m0/s1. The Morgan fingerprint density at radius 2 is 1.94 bits per heavy atom. The second-order valence-corrected chi connectivity index (χ2v) is 3.60. The zero-order chi connectivity index (χ0) is 13.3. The summed E-state index contributed by atoms with van der Waals surface area (Å²) < 4.78 is 0. The van der Waals surface area contributed by atoms with Crippen molar-refractivity contribution < 1.29 is 19.5 Å². The normalized spacial score (nSPS) is 11.6. The Morgan fingerprint density at radius 3 is 2.47 bits per heavy atom. The van der Waals surface area contributed by atoms with Gasteiger partial charge in [0.25, 0.3) is 0 Å². The average Bonchev–Trinajstić information content (AvgIpc) is 2.26. The number of unbranched alkanes of at least 4 members (excludes halogenated alkanes) is 1. The maximum absolute atomic E-state index is 11.2. The van der Waals surface area contributed by atoms with E-state index in [1.54, 1.807) is 0 Å². The van der Waals surface area contributed by atoms with Crippen LogP contribution in [0, 0.1) is 0 Å². The van der Waals surface area contributed by atoms with Crippen molar-refractivity contribution in [3.05, 3.63) is 0 Å². The molecule has 1 atom stereocenters. The van der Waals surface area contributed by atoms with Gasteiger partial charge in [-0.2, -0.15) is 0 Å². The minimum atomic E-state index is -1.05. The van der Waals surface area contributed by atoms with Crippen molar-refractivity contribution in [3.63, 3.8) is 0 Å². The molecule has 0 spiro atoms. The number of carboxylic acids is 1. The third kappa shape index (κ3) is 8.21. The summed E-state index contributed by atoms with van der Waals surface area (Å²) in [6, 6.07) is -1.39. The van der Waals surface area contributed by atoms with Crippen LogP contribution >= 0.6 is 0 Å². The summed E-state index contributed by atoms with van der Waals surface area (Å²) in [6.07, 6.45) is 1.79. The highest BCUT2D eigenvalue weighted by molar-refractivity contribution is 5.95. The zero-order valence-corrected chi connectivity index (χ0v) is 10.1. The summed E-state index contributed by atoms with van der Waals surface area (Å²) in [5.74, 6) is -1.61. The van der Waals surface area contributed by atoms with Crippen molar-refractivity contribution in [1.29, 1.82) is 0 Å². The van der Waals surface area contributed by atoms with Gasteiger partial charge in [0.2, 0.25) is 5.91 Å². The molecule has 0 aromatic carbocycles. The second-order valence-electron chi connectivity index (χ2n) is 3.60. The lowest BCUT2D eigenvalue weighted by Crippen LogP contribution is -2.46. The third-order valence-corrected chi connectivity index (χ3v) is 2.01. The van der Waals surface area contributed by atoms with E-state index in [0.717, 1.165) is 12.8 Å². The maximum Gasteiger partial charge on any atom is 0.321 e. The van der Waals surface area contributed by atoms with Crippen molar-refractivity contribution in [1.82, 2.24) is 16.0 Å². The monoisotopic (exact) mass is 245 g/mol. The molecular weight excluding hydrogens is 226 g/mol. The molecule has 7 nitrogen and oxygen atoms in total. The fourth-order valence-corrected chi connectivity index (χ4v) is 0.927. The molecule has 0 aliphatic rings. The van der Waals surface area contributed by atoms with Gasteiger partial charge in [-0.15, -0.1) is 0 Å². The van der Waals surface area contributed by atoms with Crippen LogP contribution in [0.15, 0.2) is 0 Å². The summed E-state index contributed by atoms with van der Waals surface area (Å²) >= 11 is 0. The molecule has 7 heteroatoms. The van der Waals surface area contributed by atoms with Gasteiger partial charge in [0, 0.05) is 6.54 Å². The smallest absolute Gasteiger partial charge is 0.321 e. The highest BCUT2D eigenvalue weighted by Gasteiger charge is 2.12. The Kier molecular flexibility index (Phi) is 7.70. The molecule has 0 unspecified atom stereocenters. The van der Waals surface area contributed by atoms with Gasteiger partial charge in [-0.3, -0.25) is 20.2 Å². The molecule has 0 aliphatic carbocycles. The van der Waals surface area contributed by atoms with E-state index in [4.69, 9.17) is 5.11 Å². The van der Waals surface area contributed by atoms with Crippen LogP contribution in [0.25, 0.3) is 0 Å². The van der Waals surface area contributed by atoms with E-state index in [0.29, 0.717) is 6.54 Å². The fraction of sp³-hybridized carbons (Fsp3) is 0.700. The quantitative estimate of drug-likeness (QED) is 0.460. The van der Waals surface area contributed by atoms with E-state index < -0.39 is 23.9 Å². The molecule has 0 saturated heterocycles. The molecular formula is C10H19N3O4. The Morgan fingerprint density at radius 1 is 1.29 bits per heavy atom. The Hall–Kier alpha value is -1.63. The number of nitrogens with one attached hydrogen (secondary N) is 3. The third-order valence-electron chi connectivity index (χ3n) is 2.01. The molecule has 0 aromatic rings. The van der Waals surface area contributed by atoms with Gasteiger partial charge in [0.05, 0.1) is 6.54 Å². The molecule has 4 N–H and O–H groups in total. The average molecular weight is 245 g/mol. The minimum absolute atomic E-state index is 0.214. The summed E-state index contributed by atoms with van der Waals surface area (Å²) in [5, 5.41) is 15.6. The molecule has 0 aromatic heterocycles. The van der Waals surface area contributed by atoms with Gasteiger partial charge in [-0.05, 0) is 13.3 Å². The van der Waals surface area contributed by atoms with Gasteiger partial charge >= 0.3 is 12.0 Å². The van der Waals surface area contributed by atoms with Gasteiger partial charge in [0.1, 0.15) is 6.04 Å². The minimum Gasteiger partial charge on any atom is -0.480 e. The number of rotatable bonds is 7. The molecule has 98 valence electrons. The predicted octanol–water partition coefficient (Wildman–Crippen LogP) is -0.325. The lowest BCUT2D eigenvalue weighted by Gasteiger charge is -2.09. The summed E-state index contributed by atoms with van der Waals surface area (Å²) in [5.41, 5.74) is 0. The van der Waals surface area contributed by atoms with Crippen molar-refractivity contribution in [2.45, 2.75) is 32.7 Å². The molecule has 3 amide bonds. The summed E-state index contributed by atoms with van der Waals surface area (Å²) in [4.78, 5) is 32.7. The maximum atomic E-state index is 11.2. The SMILES string of the molecule is CCCCNC(=O)NC(=O)CN[C@@H](C)C(=O)O. The van der Waals surface area contributed by atoms with Gasteiger partial charge in [-0.1, -0.05) is 13.3 Å². The number of carboxylic acid groups (broad SMARTS) is 1. The van der Waals surface area contributed by atoms with Crippen molar-refractivity contribution in [2.24, 2.45) is 0 Å². The Balaban J connectivity index is 3.71. The van der Waals surface area contributed by atoms with Crippen molar-refractivity contribution >= 4 is 17.9 Å². The molecule has 0 radical (unpaired) electrons. The molecule has 0 heterocycles. The van der Waals surface area contributed by atoms with Crippen LogP contribution in [0.4, 0.5) is 4.79 Å². The Bertz CT molecular complexity index is 281. The first kappa shape index (κ1) is 15.4. The molecule has 0 bridgehead atoms. The van der Waals surface area contributed by atoms with E-state index >= 15 is 0 Å². The van der Waals surface area contributed by atoms with Crippen LogP contribution in [0.3, 0.4) is 0 Å². The number of hydrogen-bond acceptors (Lipinski definition) is 4. The van der Waals surface area contributed by atoms with Crippen LogP contribution in [0.5, 0.6) is 0 Å². The fourth-order valence-electron chi connectivity index (χ4n) is 0.927. The lowest BCUT2D eigenvalue weighted by molar-refractivity contribution is -0.139. The number of urea groups is 1. The van der Waals surface area contributed by atoms with E-state index in [-0.39, 0.29) is 6.54 Å². The lowest BCUT2D eigenvalue weighted by atomic mass is 10.3. The van der Waals surface area contributed by atoms with Crippen LogP contribution in [-0.2, 0) is 9.59 Å². The number of carbonyl (C=O) groups excluding carboxylic acids is 2. The van der Waals surface area contributed by atoms with Gasteiger partial charge in [-0.25, -0.2) is 4.79 Å². The van der Waals surface area contributed by atoms with E-state index in [2.05, 4.69) is 16.0 Å². The van der Waals surface area contributed by atoms with Crippen molar-refractivity contribution in [3.8, 4) is 0 Å². The number of imide groups is 1. The van der Waals surface area contributed by atoms with E-state index in [1.807, 2.05) is 6.92 Å². The first-order valence-corrected chi connectivity index (χ1v) is 5.51. The molecule has 0 saturated carbocycles. The summed E-state index contributed by atoms with van der Waals surface area (Å²) in [6.45, 7) is 3.70. The van der Waals surface area contributed by atoms with Gasteiger partial charge < -0.3 is 10.4 Å². The van der Waals surface area contributed by atoms with E-state index in [9.17, 15) is 14.4 Å². The first-order chi connectivity index (χ1) is 7.97. The zero-order valence-electron chi connectivity index (χ0n) is 10.1. The first-order valence-electron chi connectivity index (χ1n) is 5.51. The second kappa shape index (κ2) is 8.51. The van der Waals surface area contributed by atoms with Crippen LogP contribution < -0.4 is 16.0 Å². The van der Waals surface area contributed by atoms with Gasteiger partial charge in [0.15, 0.2) is 0 Å². The largest absolute Gasteiger partial charge is 0.480 e. The number of amides is 3. The highest BCUT2D eigenvalue weighted by atomic mass is 16.4. The number of hydrogen-bond donors (Lipinski definition) is 4.